The van der Waals surface area contributed by atoms with Crippen molar-refractivity contribution in [3.05, 3.63) is 57.8 Å². The molecule has 1 aromatic carbocycles. The highest BCUT2D eigenvalue weighted by Gasteiger charge is 2.32. The zero-order valence-electron chi connectivity index (χ0n) is 18.4. The third kappa shape index (κ3) is 6.55. The van der Waals surface area contributed by atoms with Gasteiger partial charge in [0, 0.05) is 25.1 Å². The van der Waals surface area contributed by atoms with E-state index in [1.807, 2.05) is 26.7 Å². The van der Waals surface area contributed by atoms with Crippen LogP contribution in [0.1, 0.15) is 44.0 Å². The van der Waals surface area contributed by atoms with Crippen LogP contribution in [-0.4, -0.2) is 39.9 Å². The van der Waals surface area contributed by atoms with Gasteiger partial charge in [0.2, 0.25) is 5.91 Å². The summed E-state index contributed by atoms with van der Waals surface area (Å²) < 4.78 is 0. The number of nitrogens with zero attached hydrogens (tertiary/aromatic N) is 2. The number of hydrogen-bond acceptors (Lipinski definition) is 6. The van der Waals surface area contributed by atoms with Crippen LogP contribution < -0.4 is 10.6 Å². The van der Waals surface area contributed by atoms with Gasteiger partial charge in [-0.15, -0.1) is 0 Å². The number of carbonyl (C=O) groups excluding carboxylic acids is 3. The van der Waals surface area contributed by atoms with Crippen molar-refractivity contribution in [2.45, 2.75) is 39.2 Å². The zero-order valence-corrected chi connectivity index (χ0v) is 20.0. The van der Waals surface area contributed by atoms with Crippen LogP contribution in [0.25, 0.3) is 0 Å². The number of benzene rings is 1. The minimum absolute atomic E-state index is 0.159. The Morgan fingerprint density at radius 1 is 1.18 bits per heavy atom. The van der Waals surface area contributed by atoms with Crippen molar-refractivity contribution < 1.29 is 19.2 Å². The van der Waals surface area contributed by atoms with Crippen molar-refractivity contribution >= 4 is 52.5 Å². The summed E-state index contributed by atoms with van der Waals surface area (Å²) in [7, 11) is 0. The summed E-state index contributed by atoms with van der Waals surface area (Å²) in [6.07, 6.45) is 2.02. The van der Waals surface area contributed by atoms with Gasteiger partial charge in [0.05, 0.1) is 26.9 Å². The Morgan fingerprint density at radius 2 is 1.94 bits per heavy atom. The second-order valence-corrected chi connectivity index (χ2v) is 9.36. The van der Waals surface area contributed by atoms with Crippen molar-refractivity contribution in [3.8, 4) is 0 Å². The van der Waals surface area contributed by atoms with Gasteiger partial charge >= 0.3 is 0 Å². The molecule has 1 aliphatic rings. The molecule has 2 N–H and O–H groups in total. The number of para-hydroxylation sites is 1. The molecule has 33 heavy (non-hydrogen) atoms. The van der Waals surface area contributed by atoms with Crippen LogP contribution in [0, 0.1) is 5.92 Å². The SMILES string of the molecule is CC(C)(C)ON1CCC(C(=O)Nc2c(Cl)cccc2C(=O)Nc2ccc(Cl)cn2)CC1=C=O. The molecular formula is C23H24Cl2N4O4. The quantitative estimate of drug-likeness (QED) is 0.587. The average molecular weight is 491 g/mol. The minimum atomic E-state index is -0.508. The fourth-order valence-corrected chi connectivity index (χ4v) is 3.63. The molecule has 1 atom stereocenters. The predicted molar refractivity (Wildman–Crippen MR) is 127 cm³/mol. The Hall–Kier alpha value is -2.90. The van der Waals surface area contributed by atoms with E-state index in [-0.39, 0.29) is 34.3 Å². The van der Waals surface area contributed by atoms with Crippen molar-refractivity contribution in [1.82, 2.24) is 10.0 Å². The molecule has 8 nitrogen and oxygen atoms in total. The summed E-state index contributed by atoms with van der Waals surface area (Å²) in [5, 5.41) is 7.54. The highest BCUT2D eigenvalue weighted by atomic mass is 35.5. The van der Waals surface area contributed by atoms with Gasteiger partial charge in [-0.2, -0.15) is 0 Å². The van der Waals surface area contributed by atoms with Crippen LogP contribution in [0.2, 0.25) is 10.0 Å². The molecule has 0 saturated carbocycles. The second-order valence-electron chi connectivity index (χ2n) is 8.51. The van der Waals surface area contributed by atoms with Crippen LogP contribution in [0.3, 0.4) is 0 Å². The third-order valence-electron chi connectivity index (χ3n) is 4.77. The maximum Gasteiger partial charge on any atom is 0.258 e. The number of allylic oxidation sites excluding steroid dienone is 1. The zero-order chi connectivity index (χ0) is 24.2. The van der Waals surface area contributed by atoms with Crippen LogP contribution in [0.4, 0.5) is 11.5 Å². The Balaban J connectivity index is 1.74. The van der Waals surface area contributed by atoms with Crippen molar-refractivity contribution in [1.29, 1.82) is 0 Å². The van der Waals surface area contributed by atoms with E-state index >= 15 is 0 Å². The van der Waals surface area contributed by atoms with Gasteiger partial charge in [-0.3, -0.25) is 14.4 Å². The third-order valence-corrected chi connectivity index (χ3v) is 5.31. The first-order valence-electron chi connectivity index (χ1n) is 10.3. The number of hydrogen-bond donors (Lipinski definition) is 2. The molecule has 174 valence electrons. The van der Waals surface area contributed by atoms with Gasteiger partial charge < -0.3 is 10.6 Å². The van der Waals surface area contributed by atoms with E-state index in [0.29, 0.717) is 23.8 Å². The summed E-state index contributed by atoms with van der Waals surface area (Å²) >= 11 is 12.1. The Labute approximate surface area is 201 Å². The van der Waals surface area contributed by atoms with Crippen molar-refractivity contribution in [2.24, 2.45) is 5.92 Å². The minimum Gasteiger partial charge on any atom is -0.324 e. The van der Waals surface area contributed by atoms with Crippen LogP contribution in [0.15, 0.2) is 42.2 Å². The van der Waals surface area contributed by atoms with Crippen LogP contribution in [-0.2, 0) is 14.4 Å². The molecule has 2 amide bonds. The lowest BCUT2D eigenvalue weighted by Crippen LogP contribution is -2.41. The predicted octanol–water partition coefficient (Wildman–Crippen LogP) is 4.74. The first-order chi connectivity index (χ1) is 15.6. The average Bonchev–Trinajstić information content (AvgIpc) is 2.75. The second kappa shape index (κ2) is 10.4. The van der Waals surface area contributed by atoms with E-state index in [1.54, 1.807) is 30.3 Å². The Morgan fingerprint density at radius 3 is 2.58 bits per heavy atom. The summed E-state index contributed by atoms with van der Waals surface area (Å²) in [5.74, 6) is 0.818. The number of halogens is 2. The molecule has 10 heteroatoms. The highest BCUT2D eigenvalue weighted by Crippen LogP contribution is 2.31. The molecule has 1 unspecified atom stereocenters. The fraction of sp³-hybridized carbons (Fsp3) is 0.348. The number of piperidine rings is 1. The monoisotopic (exact) mass is 490 g/mol. The molecule has 1 aliphatic heterocycles. The van der Waals surface area contributed by atoms with Gasteiger partial charge in [-0.1, -0.05) is 29.3 Å². The Kier molecular flexibility index (Phi) is 7.76. The van der Waals surface area contributed by atoms with Crippen LogP contribution in [0.5, 0.6) is 0 Å². The number of pyridine rings is 1. The molecule has 1 saturated heterocycles. The van der Waals surface area contributed by atoms with E-state index < -0.39 is 17.4 Å². The Bertz CT molecular complexity index is 1090. The molecule has 0 aliphatic carbocycles. The molecule has 0 bridgehead atoms. The molecule has 3 rings (SSSR count). The van der Waals surface area contributed by atoms with Gasteiger partial charge in [-0.25, -0.2) is 14.8 Å². The summed E-state index contributed by atoms with van der Waals surface area (Å²) in [6.45, 7) is 5.98. The fourth-order valence-electron chi connectivity index (χ4n) is 3.29. The lowest BCUT2D eigenvalue weighted by Gasteiger charge is -2.36. The number of nitrogens with one attached hydrogen (secondary N) is 2. The molecule has 1 aromatic heterocycles. The molecule has 0 spiro atoms. The lowest BCUT2D eigenvalue weighted by atomic mass is 9.94. The molecular weight excluding hydrogens is 467 g/mol. The van der Waals surface area contributed by atoms with E-state index in [9.17, 15) is 14.4 Å². The number of aromatic nitrogens is 1. The molecule has 1 fully saturated rings. The van der Waals surface area contributed by atoms with Crippen molar-refractivity contribution in [3.63, 3.8) is 0 Å². The van der Waals surface area contributed by atoms with E-state index in [0.717, 1.165) is 0 Å². The standard InChI is InChI=1S/C23H24Cl2N4O4/c1-23(2,3)33-29-10-9-14(11-16(29)13-30)21(31)28-20-17(5-4-6-18(20)25)22(32)27-19-8-7-15(24)12-26-19/h4-8,12,14H,9-11H2,1-3H3,(H,28,31)(H,26,27,32). The number of amides is 2. The van der Waals surface area contributed by atoms with Gasteiger partial charge in [0.15, 0.2) is 0 Å². The highest BCUT2D eigenvalue weighted by molar-refractivity contribution is 6.35. The first kappa shape index (κ1) is 24.7. The molecule has 0 radical (unpaired) electrons. The number of carbonyl (C=O) groups is 2. The molecule has 2 aromatic rings. The molecule has 2 heterocycles. The van der Waals surface area contributed by atoms with E-state index in [4.69, 9.17) is 28.0 Å². The number of hydroxylamine groups is 2. The maximum absolute atomic E-state index is 13.0. The van der Waals surface area contributed by atoms with Gasteiger partial charge in [-0.05, 0) is 51.5 Å². The van der Waals surface area contributed by atoms with Crippen molar-refractivity contribution in [2.75, 3.05) is 17.2 Å². The summed E-state index contributed by atoms with van der Waals surface area (Å²) in [5.41, 5.74) is 0.130. The van der Waals surface area contributed by atoms with E-state index in [1.165, 1.54) is 11.3 Å². The van der Waals surface area contributed by atoms with Crippen LogP contribution >= 0.6 is 23.2 Å². The van der Waals surface area contributed by atoms with E-state index in [2.05, 4.69) is 15.6 Å². The number of anilines is 2. The smallest absolute Gasteiger partial charge is 0.258 e. The largest absolute Gasteiger partial charge is 0.324 e. The lowest BCUT2D eigenvalue weighted by molar-refractivity contribution is -0.215. The summed E-state index contributed by atoms with van der Waals surface area (Å²) in [4.78, 5) is 47.1. The van der Waals surface area contributed by atoms with Gasteiger partial charge in [0.1, 0.15) is 17.5 Å². The maximum atomic E-state index is 13.0. The topological polar surface area (TPSA) is 101 Å². The summed E-state index contributed by atoms with van der Waals surface area (Å²) in [6, 6.07) is 7.88. The normalized spacial score (nSPS) is 16.2. The first-order valence-corrected chi connectivity index (χ1v) is 11.1. The number of rotatable bonds is 5. The van der Waals surface area contributed by atoms with Gasteiger partial charge in [0.25, 0.3) is 5.91 Å².